The number of halogens is 1. The molecule has 2 aromatic carbocycles. The van der Waals surface area contributed by atoms with Gasteiger partial charge in [-0.25, -0.2) is 0 Å². The first-order valence-electron chi connectivity index (χ1n) is 6.89. The highest BCUT2D eigenvalue weighted by atomic mass is 35.5. The lowest BCUT2D eigenvalue weighted by atomic mass is 10.1. The molecule has 0 saturated carbocycles. The van der Waals surface area contributed by atoms with Gasteiger partial charge in [0.1, 0.15) is 5.69 Å². The Labute approximate surface area is 137 Å². The lowest BCUT2D eigenvalue weighted by Crippen LogP contribution is -2.11. The molecule has 0 aliphatic carbocycles. The highest BCUT2D eigenvalue weighted by molar-refractivity contribution is 6.30. The van der Waals surface area contributed by atoms with Crippen LogP contribution >= 0.6 is 11.6 Å². The van der Waals surface area contributed by atoms with Gasteiger partial charge in [-0.1, -0.05) is 41.0 Å². The number of rotatable bonds is 4. The van der Waals surface area contributed by atoms with Crippen molar-refractivity contribution >= 4 is 23.2 Å². The SMILES string of the molecule is O=C(Nc1cccc(CO)c1)c1cc(-c2cccc(Cl)c2)no1. The Morgan fingerprint density at radius 1 is 1.17 bits per heavy atom. The Hall–Kier alpha value is -2.63. The van der Waals surface area contributed by atoms with Gasteiger partial charge in [-0.2, -0.15) is 0 Å². The van der Waals surface area contributed by atoms with Crippen molar-refractivity contribution in [2.24, 2.45) is 0 Å². The van der Waals surface area contributed by atoms with Crippen LogP contribution in [-0.2, 0) is 6.61 Å². The lowest BCUT2D eigenvalue weighted by Gasteiger charge is -2.04. The molecule has 1 aromatic heterocycles. The molecule has 0 aliphatic heterocycles. The summed E-state index contributed by atoms with van der Waals surface area (Å²) in [6.07, 6.45) is 0. The number of aliphatic hydroxyl groups is 1. The van der Waals surface area contributed by atoms with Gasteiger partial charge in [0.2, 0.25) is 5.76 Å². The van der Waals surface area contributed by atoms with Crippen LogP contribution in [-0.4, -0.2) is 16.2 Å². The molecule has 23 heavy (non-hydrogen) atoms. The van der Waals surface area contributed by atoms with E-state index in [0.717, 1.165) is 5.56 Å². The molecule has 0 atom stereocenters. The van der Waals surface area contributed by atoms with Gasteiger partial charge in [0, 0.05) is 22.3 Å². The zero-order valence-electron chi connectivity index (χ0n) is 12.0. The average molecular weight is 329 g/mol. The molecule has 0 radical (unpaired) electrons. The van der Waals surface area contributed by atoms with Crippen LogP contribution in [0.25, 0.3) is 11.3 Å². The second-order valence-corrected chi connectivity index (χ2v) is 5.34. The molecule has 116 valence electrons. The molecule has 0 saturated heterocycles. The van der Waals surface area contributed by atoms with E-state index in [-0.39, 0.29) is 12.4 Å². The Bertz CT molecular complexity index is 845. The molecule has 3 rings (SSSR count). The third kappa shape index (κ3) is 3.59. The number of hydrogen-bond donors (Lipinski definition) is 2. The maximum atomic E-state index is 12.2. The van der Waals surface area contributed by atoms with Crippen molar-refractivity contribution in [1.29, 1.82) is 0 Å². The van der Waals surface area contributed by atoms with E-state index in [1.54, 1.807) is 48.5 Å². The number of amides is 1. The predicted molar refractivity (Wildman–Crippen MR) is 87.3 cm³/mol. The summed E-state index contributed by atoms with van der Waals surface area (Å²) in [6, 6.07) is 15.6. The van der Waals surface area contributed by atoms with Crippen LogP contribution in [0.15, 0.2) is 59.1 Å². The van der Waals surface area contributed by atoms with E-state index in [0.29, 0.717) is 22.0 Å². The third-order valence-electron chi connectivity index (χ3n) is 3.22. The first-order chi connectivity index (χ1) is 11.2. The first kappa shape index (κ1) is 15.3. The van der Waals surface area contributed by atoms with Crippen LogP contribution in [0.2, 0.25) is 5.02 Å². The summed E-state index contributed by atoms with van der Waals surface area (Å²) in [4.78, 5) is 12.2. The van der Waals surface area contributed by atoms with E-state index >= 15 is 0 Å². The highest BCUT2D eigenvalue weighted by Crippen LogP contribution is 2.23. The van der Waals surface area contributed by atoms with Crippen LogP contribution in [0.5, 0.6) is 0 Å². The van der Waals surface area contributed by atoms with Gasteiger partial charge in [0.15, 0.2) is 0 Å². The molecule has 2 N–H and O–H groups in total. The Kier molecular flexibility index (Phi) is 4.41. The van der Waals surface area contributed by atoms with Gasteiger partial charge >= 0.3 is 0 Å². The summed E-state index contributed by atoms with van der Waals surface area (Å²) in [5, 5.41) is 16.3. The minimum atomic E-state index is -0.416. The zero-order chi connectivity index (χ0) is 16.2. The van der Waals surface area contributed by atoms with Crippen molar-refractivity contribution in [3.8, 4) is 11.3 Å². The summed E-state index contributed by atoms with van der Waals surface area (Å²) < 4.78 is 5.09. The highest BCUT2D eigenvalue weighted by Gasteiger charge is 2.14. The van der Waals surface area contributed by atoms with Crippen molar-refractivity contribution in [2.45, 2.75) is 6.61 Å². The Balaban J connectivity index is 1.78. The van der Waals surface area contributed by atoms with Gasteiger partial charge < -0.3 is 14.9 Å². The molecule has 1 amide bonds. The number of aliphatic hydroxyl groups excluding tert-OH is 1. The number of aromatic nitrogens is 1. The monoisotopic (exact) mass is 328 g/mol. The minimum absolute atomic E-state index is 0.0920. The summed E-state index contributed by atoms with van der Waals surface area (Å²) in [6.45, 7) is -0.0923. The van der Waals surface area contributed by atoms with Gasteiger partial charge in [-0.3, -0.25) is 4.79 Å². The number of carbonyl (C=O) groups is 1. The van der Waals surface area contributed by atoms with E-state index in [1.807, 2.05) is 6.07 Å². The number of nitrogens with one attached hydrogen (secondary N) is 1. The number of benzene rings is 2. The van der Waals surface area contributed by atoms with Crippen molar-refractivity contribution in [1.82, 2.24) is 5.16 Å². The van der Waals surface area contributed by atoms with E-state index in [1.165, 1.54) is 0 Å². The minimum Gasteiger partial charge on any atom is -0.392 e. The van der Waals surface area contributed by atoms with Crippen LogP contribution < -0.4 is 5.32 Å². The fourth-order valence-corrected chi connectivity index (χ4v) is 2.30. The predicted octanol–water partition coefficient (Wildman–Crippen LogP) is 3.74. The molecule has 0 fully saturated rings. The normalized spacial score (nSPS) is 10.5. The third-order valence-corrected chi connectivity index (χ3v) is 3.46. The average Bonchev–Trinajstić information content (AvgIpc) is 3.05. The van der Waals surface area contributed by atoms with Crippen molar-refractivity contribution in [3.63, 3.8) is 0 Å². The van der Waals surface area contributed by atoms with E-state index in [9.17, 15) is 4.79 Å². The molecule has 0 spiro atoms. The molecule has 0 bridgehead atoms. The molecule has 1 heterocycles. The first-order valence-corrected chi connectivity index (χ1v) is 7.27. The Morgan fingerprint density at radius 2 is 2.00 bits per heavy atom. The van der Waals surface area contributed by atoms with Gasteiger partial charge in [-0.05, 0) is 29.8 Å². The van der Waals surface area contributed by atoms with Crippen molar-refractivity contribution in [2.75, 3.05) is 5.32 Å². The van der Waals surface area contributed by atoms with Crippen LogP contribution in [0.4, 0.5) is 5.69 Å². The second-order valence-electron chi connectivity index (χ2n) is 4.90. The molecular formula is C17H13ClN2O3. The quantitative estimate of drug-likeness (QED) is 0.765. The smallest absolute Gasteiger partial charge is 0.294 e. The van der Waals surface area contributed by atoms with Gasteiger partial charge in [0.25, 0.3) is 5.91 Å². The lowest BCUT2D eigenvalue weighted by molar-refractivity contribution is 0.0988. The molecular weight excluding hydrogens is 316 g/mol. The fourth-order valence-electron chi connectivity index (χ4n) is 2.11. The van der Waals surface area contributed by atoms with E-state index < -0.39 is 5.91 Å². The van der Waals surface area contributed by atoms with E-state index in [4.69, 9.17) is 21.2 Å². The molecule has 0 aliphatic rings. The molecule has 3 aromatic rings. The maximum absolute atomic E-state index is 12.2. The van der Waals surface area contributed by atoms with Crippen LogP contribution in [0, 0.1) is 0 Å². The van der Waals surface area contributed by atoms with Crippen LogP contribution in [0.3, 0.4) is 0 Å². The van der Waals surface area contributed by atoms with Crippen LogP contribution in [0.1, 0.15) is 16.1 Å². The second kappa shape index (κ2) is 6.64. The van der Waals surface area contributed by atoms with Gasteiger partial charge in [0.05, 0.1) is 6.61 Å². The van der Waals surface area contributed by atoms with E-state index in [2.05, 4.69) is 10.5 Å². The topological polar surface area (TPSA) is 75.4 Å². The summed E-state index contributed by atoms with van der Waals surface area (Å²) in [5.74, 6) is -0.324. The number of carbonyl (C=O) groups excluding carboxylic acids is 1. The zero-order valence-corrected chi connectivity index (χ0v) is 12.7. The largest absolute Gasteiger partial charge is 0.392 e. The molecule has 0 unspecified atom stereocenters. The van der Waals surface area contributed by atoms with Crippen molar-refractivity contribution in [3.05, 3.63) is 70.9 Å². The standard InChI is InChI=1S/C17H13ClN2O3/c18-13-5-2-4-12(8-13)15-9-16(23-20-15)17(22)19-14-6-1-3-11(7-14)10-21/h1-9,21H,10H2,(H,19,22). The Morgan fingerprint density at radius 3 is 2.78 bits per heavy atom. The summed E-state index contributed by atoms with van der Waals surface area (Å²) >= 11 is 5.94. The molecule has 5 nitrogen and oxygen atoms in total. The number of nitrogens with zero attached hydrogens (tertiary/aromatic N) is 1. The summed E-state index contributed by atoms with van der Waals surface area (Å²) in [7, 11) is 0. The summed E-state index contributed by atoms with van der Waals surface area (Å²) in [5.41, 5.74) is 2.58. The maximum Gasteiger partial charge on any atom is 0.294 e. The number of hydrogen-bond acceptors (Lipinski definition) is 4. The van der Waals surface area contributed by atoms with Gasteiger partial charge in [-0.15, -0.1) is 0 Å². The molecule has 6 heteroatoms. The van der Waals surface area contributed by atoms with Crippen molar-refractivity contribution < 1.29 is 14.4 Å². The number of anilines is 1. The fraction of sp³-hybridized carbons (Fsp3) is 0.0588.